The molecular weight excluding hydrogens is 223 g/mol. The Morgan fingerprint density at radius 3 is 2.65 bits per heavy atom. The van der Waals surface area contributed by atoms with Gasteiger partial charge in [0.2, 0.25) is 0 Å². The molecule has 1 fully saturated rings. The maximum absolute atomic E-state index is 13.5. The van der Waals surface area contributed by atoms with Crippen LogP contribution in [0.25, 0.3) is 0 Å². The lowest BCUT2D eigenvalue weighted by Crippen LogP contribution is -2.53. The number of anilines is 1. The molecule has 4 nitrogen and oxygen atoms in total. The zero-order valence-corrected chi connectivity index (χ0v) is 9.31. The quantitative estimate of drug-likeness (QED) is 0.775. The van der Waals surface area contributed by atoms with Gasteiger partial charge in [0, 0.05) is 7.05 Å². The van der Waals surface area contributed by atoms with Gasteiger partial charge in [-0.05, 0) is 12.1 Å². The highest BCUT2D eigenvalue weighted by Gasteiger charge is 2.48. The van der Waals surface area contributed by atoms with Crippen LogP contribution in [0.2, 0.25) is 0 Å². The van der Waals surface area contributed by atoms with Crippen LogP contribution >= 0.6 is 0 Å². The topological polar surface area (TPSA) is 53.3 Å². The summed E-state index contributed by atoms with van der Waals surface area (Å²) < 4.78 is 18.4. The Morgan fingerprint density at radius 1 is 1.53 bits per heavy atom. The Labute approximate surface area is 98.2 Å². The summed E-state index contributed by atoms with van der Waals surface area (Å²) in [6.07, 6.45) is 0. The van der Waals surface area contributed by atoms with Crippen LogP contribution in [-0.2, 0) is 9.53 Å². The first-order chi connectivity index (χ1) is 8.10. The molecule has 1 aliphatic rings. The van der Waals surface area contributed by atoms with Crippen LogP contribution in [0.4, 0.5) is 10.1 Å². The summed E-state index contributed by atoms with van der Waals surface area (Å²) in [5, 5.41) is 9.00. The predicted octanol–water partition coefficient (Wildman–Crippen LogP) is 1.33. The van der Waals surface area contributed by atoms with Gasteiger partial charge in [-0.25, -0.2) is 4.39 Å². The third kappa shape index (κ3) is 1.77. The predicted molar refractivity (Wildman–Crippen MR) is 58.7 cm³/mol. The molecular formula is C12H11FN2O2. The maximum atomic E-state index is 13.5. The van der Waals surface area contributed by atoms with Gasteiger partial charge in [0.15, 0.2) is 5.41 Å². The maximum Gasteiger partial charge on any atom is 0.252 e. The van der Waals surface area contributed by atoms with Gasteiger partial charge in [-0.15, -0.1) is 0 Å². The van der Waals surface area contributed by atoms with E-state index < -0.39 is 17.1 Å². The Hall–Kier alpha value is -1.93. The zero-order chi connectivity index (χ0) is 12.5. The van der Waals surface area contributed by atoms with Crippen LogP contribution in [0.15, 0.2) is 24.3 Å². The number of carbonyl (C=O) groups excluding carboxylic acids is 1. The normalized spacial score (nSPS) is 16.8. The second-order valence-electron chi connectivity index (χ2n) is 4.00. The van der Waals surface area contributed by atoms with Gasteiger partial charge in [-0.2, -0.15) is 5.26 Å². The van der Waals surface area contributed by atoms with E-state index in [1.165, 1.54) is 24.1 Å². The lowest BCUT2D eigenvalue weighted by Gasteiger charge is -2.36. The Morgan fingerprint density at radius 2 is 2.18 bits per heavy atom. The number of halogens is 1. The van der Waals surface area contributed by atoms with Gasteiger partial charge in [0.05, 0.1) is 25.0 Å². The standard InChI is InChI=1S/C12H11FN2O2/c1-15(10-5-3-2-4-9(10)13)11(16)12(6-14)7-17-8-12/h2-5H,7-8H2,1H3. The third-order valence-corrected chi connectivity index (χ3v) is 2.84. The second-order valence-corrected chi connectivity index (χ2v) is 4.00. The lowest BCUT2D eigenvalue weighted by molar-refractivity contribution is -0.146. The highest BCUT2D eigenvalue weighted by Crippen LogP contribution is 2.31. The molecule has 0 unspecified atom stereocenters. The Balaban J connectivity index is 2.27. The number of nitrogens with zero attached hydrogens (tertiary/aromatic N) is 2. The molecule has 1 aliphatic heterocycles. The summed E-state index contributed by atoms with van der Waals surface area (Å²) >= 11 is 0. The first-order valence-electron chi connectivity index (χ1n) is 5.12. The molecule has 17 heavy (non-hydrogen) atoms. The fourth-order valence-electron chi connectivity index (χ4n) is 1.70. The number of nitriles is 1. The summed E-state index contributed by atoms with van der Waals surface area (Å²) in [5.74, 6) is -0.923. The molecule has 0 radical (unpaired) electrons. The molecule has 1 aromatic rings. The van der Waals surface area contributed by atoms with Crippen molar-refractivity contribution in [3.63, 3.8) is 0 Å². The van der Waals surface area contributed by atoms with Crippen molar-refractivity contribution in [3.8, 4) is 6.07 Å². The molecule has 5 heteroatoms. The van der Waals surface area contributed by atoms with Gasteiger partial charge in [-0.1, -0.05) is 12.1 Å². The van der Waals surface area contributed by atoms with E-state index in [1.54, 1.807) is 12.1 Å². The first-order valence-corrected chi connectivity index (χ1v) is 5.12. The molecule has 0 aliphatic carbocycles. The molecule has 0 saturated carbocycles. The van der Waals surface area contributed by atoms with Crippen molar-refractivity contribution >= 4 is 11.6 Å². The van der Waals surface area contributed by atoms with Crippen LogP contribution in [0.3, 0.4) is 0 Å². The molecule has 1 amide bonds. The SMILES string of the molecule is CN(C(=O)C1(C#N)COC1)c1ccccc1F. The van der Waals surface area contributed by atoms with Crippen molar-refractivity contribution in [3.05, 3.63) is 30.1 Å². The van der Waals surface area contributed by atoms with Crippen molar-refractivity contribution in [1.29, 1.82) is 5.26 Å². The van der Waals surface area contributed by atoms with E-state index in [-0.39, 0.29) is 18.9 Å². The van der Waals surface area contributed by atoms with Gasteiger partial charge >= 0.3 is 0 Å². The number of rotatable bonds is 2. The zero-order valence-electron chi connectivity index (χ0n) is 9.31. The van der Waals surface area contributed by atoms with E-state index in [1.807, 2.05) is 6.07 Å². The van der Waals surface area contributed by atoms with E-state index in [0.29, 0.717) is 0 Å². The van der Waals surface area contributed by atoms with E-state index >= 15 is 0 Å². The van der Waals surface area contributed by atoms with E-state index in [9.17, 15) is 9.18 Å². The minimum absolute atomic E-state index is 0.0706. The average Bonchev–Trinajstić information content (AvgIpc) is 2.28. The number of amides is 1. The number of para-hydroxylation sites is 1. The van der Waals surface area contributed by atoms with Gasteiger partial charge < -0.3 is 9.64 Å². The molecule has 1 heterocycles. The van der Waals surface area contributed by atoms with E-state index in [0.717, 1.165) is 0 Å². The number of carbonyl (C=O) groups is 1. The average molecular weight is 234 g/mol. The van der Waals surface area contributed by atoms with Crippen LogP contribution in [-0.4, -0.2) is 26.2 Å². The fourth-order valence-corrected chi connectivity index (χ4v) is 1.70. The Kier molecular flexibility index (Phi) is 2.82. The fraction of sp³-hybridized carbons (Fsp3) is 0.333. The number of hydrogen-bond acceptors (Lipinski definition) is 3. The minimum atomic E-state index is -1.16. The third-order valence-electron chi connectivity index (χ3n) is 2.84. The highest BCUT2D eigenvalue weighted by molar-refractivity contribution is 5.99. The van der Waals surface area contributed by atoms with Gasteiger partial charge in [-0.3, -0.25) is 4.79 Å². The molecule has 0 aromatic heterocycles. The summed E-state index contributed by atoms with van der Waals surface area (Å²) in [7, 11) is 1.46. The second kappa shape index (κ2) is 4.15. The van der Waals surface area contributed by atoms with Crippen molar-refractivity contribution in [2.24, 2.45) is 5.41 Å². The van der Waals surface area contributed by atoms with Gasteiger partial charge in [0.25, 0.3) is 5.91 Å². The van der Waals surface area contributed by atoms with E-state index in [4.69, 9.17) is 10.00 Å². The summed E-state index contributed by atoms with van der Waals surface area (Å²) in [6, 6.07) is 7.90. The van der Waals surface area contributed by atoms with Crippen LogP contribution in [0.5, 0.6) is 0 Å². The Bertz CT molecular complexity index is 492. The van der Waals surface area contributed by atoms with Crippen LogP contribution in [0, 0.1) is 22.6 Å². The minimum Gasteiger partial charge on any atom is -0.377 e. The molecule has 1 saturated heterocycles. The smallest absolute Gasteiger partial charge is 0.252 e. The summed E-state index contributed by atoms with van der Waals surface area (Å²) in [5.41, 5.74) is -0.990. The van der Waals surface area contributed by atoms with Crippen LogP contribution < -0.4 is 4.90 Å². The summed E-state index contributed by atoms with van der Waals surface area (Å²) in [4.78, 5) is 13.3. The largest absolute Gasteiger partial charge is 0.377 e. The number of benzene rings is 1. The molecule has 88 valence electrons. The van der Waals surface area contributed by atoms with Crippen LogP contribution in [0.1, 0.15) is 0 Å². The molecule has 0 atom stereocenters. The highest BCUT2D eigenvalue weighted by atomic mass is 19.1. The number of ether oxygens (including phenoxy) is 1. The van der Waals surface area contributed by atoms with E-state index in [2.05, 4.69) is 0 Å². The van der Waals surface area contributed by atoms with Crippen molar-refractivity contribution in [2.75, 3.05) is 25.2 Å². The first kappa shape index (κ1) is 11.6. The number of hydrogen-bond donors (Lipinski definition) is 0. The molecule has 0 N–H and O–H groups in total. The van der Waals surface area contributed by atoms with Crippen molar-refractivity contribution in [1.82, 2.24) is 0 Å². The van der Waals surface area contributed by atoms with Crippen molar-refractivity contribution in [2.45, 2.75) is 0 Å². The monoisotopic (exact) mass is 234 g/mol. The molecule has 0 spiro atoms. The lowest BCUT2D eigenvalue weighted by atomic mass is 9.86. The van der Waals surface area contributed by atoms with Gasteiger partial charge in [0.1, 0.15) is 5.82 Å². The summed E-state index contributed by atoms with van der Waals surface area (Å²) in [6.45, 7) is 0.141. The van der Waals surface area contributed by atoms with Crippen molar-refractivity contribution < 1.29 is 13.9 Å². The molecule has 2 rings (SSSR count). The molecule has 0 bridgehead atoms. The molecule has 1 aromatic carbocycles.